The first-order chi connectivity index (χ1) is 19.2. The van der Waals surface area contributed by atoms with Crippen LogP contribution >= 0.6 is 0 Å². The van der Waals surface area contributed by atoms with E-state index >= 15 is 0 Å². The summed E-state index contributed by atoms with van der Waals surface area (Å²) in [5.41, 5.74) is 6.57. The van der Waals surface area contributed by atoms with E-state index in [9.17, 15) is 4.39 Å². The highest BCUT2D eigenvalue weighted by molar-refractivity contribution is 6.62. The molecule has 1 aromatic heterocycles. The summed E-state index contributed by atoms with van der Waals surface area (Å²) < 4.78 is 26.1. The van der Waals surface area contributed by atoms with Crippen LogP contribution in [0.3, 0.4) is 0 Å². The van der Waals surface area contributed by atoms with Gasteiger partial charge < -0.3 is 9.31 Å². The molecule has 0 bridgehead atoms. The van der Waals surface area contributed by atoms with Crippen molar-refractivity contribution < 1.29 is 13.7 Å². The van der Waals surface area contributed by atoms with Crippen LogP contribution in [-0.4, -0.2) is 28.3 Å². The van der Waals surface area contributed by atoms with Crippen molar-refractivity contribution in [1.82, 2.24) is 9.97 Å². The highest BCUT2D eigenvalue weighted by atomic mass is 19.1. The van der Waals surface area contributed by atoms with Crippen LogP contribution in [0.15, 0.2) is 109 Å². The summed E-state index contributed by atoms with van der Waals surface area (Å²) in [6, 6.07) is 34.9. The molecule has 40 heavy (non-hydrogen) atoms. The van der Waals surface area contributed by atoms with Crippen molar-refractivity contribution >= 4 is 12.6 Å². The number of aromatic nitrogens is 2. The Kier molecular flexibility index (Phi) is 6.61. The second-order valence-corrected chi connectivity index (χ2v) is 11.1. The molecule has 1 saturated heterocycles. The molecule has 1 fully saturated rings. The molecule has 0 aliphatic carbocycles. The minimum Gasteiger partial charge on any atom is -0.399 e. The average Bonchev–Trinajstić information content (AvgIpc) is 3.20. The first-order valence-corrected chi connectivity index (χ1v) is 13.5. The van der Waals surface area contributed by atoms with Crippen molar-refractivity contribution in [2.24, 2.45) is 0 Å². The van der Waals surface area contributed by atoms with E-state index in [0.717, 1.165) is 44.7 Å². The molecule has 4 aromatic carbocycles. The monoisotopic (exact) mass is 528 g/mol. The standard InChI is InChI=1S/C34H30BFN2O2/c1-33(2)34(3,4)40-35(39-33)28-18-14-25(15-19-28)30-22-31(26-16-20-29(36)21-17-26)38-32(37-30)27-12-10-24(11-13-27)23-8-6-5-7-9-23/h5-22H,1-4H3. The largest absolute Gasteiger partial charge is 0.494 e. The molecule has 4 nitrogen and oxygen atoms in total. The molecular weight excluding hydrogens is 498 g/mol. The Morgan fingerprint density at radius 3 is 1.55 bits per heavy atom. The van der Waals surface area contributed by atoms with Crippen molar-refractivity contribution in [1.29, 1.82) is 0 Å². The molecule has 0 N–H and O–H groups in total. The fourth-order valence-electron chi connectivity index (χ4n) is 4.73. The van der Waals surface area contributed by atoms with Crippen molar-refractivity contribution in [2.75, 3.05) is 0 Å². The van der Waals surface area contributed by atoms with Crippen LogP contribution < -0.4 is 5.46 Å². The molecule has 198 valence electrons. The SMILES string of the molecule is CC1(C)OB(c2ccc(-c3cc(-c4ccc(F)cc4)nc(-c4ccc(-c5ccccc5)cc4)n3)cc2)OC1(C)C. The van der Waals surface area contributed by atoms with E-state index in [0.29, 0.717) is 5.82 Å². The summed E-state index contributed by atoms with van der Waals surface area (Å²) in [4.78, 5) is 9.82. The molecule has 0 spiro atoms. The molecule has 2 heterocycles. The molecule has 6 rings (SSSR count). The number of hydrogen-bond acceptors (Lipinski definition) is 4. The van der Waals surface area contributed by atoms with E-state index in [-0.39, 0.29) is 5.82 Å². The highest BCUT2D eigenvalue weighted by Crippen LogP contribution is 2.36. The first kappa shape index (κ1) is 26.1. The summed E-state index contributed by atoms with van der Waals surface area (Å²) in [5.74, 6) is 0.319. The van der Waals surface area contributed by atoms with Gasteiger partial charge in [-0.3, -0.25) is 0 Å². The van der Waals surface area contributed by atoms with Gasteiger partial charge in [0.15, 0.2) is 5.82 Å². The van der Waals surface area contributed by atoms with Crippen molar-refractivity contribution in [3.05, 3.63) is 115 Å². The third-order valence-electron chi connectivity index (χ3n) is 7.85. The van der Waals surface area contributed by atoms with Gasteiger partial charge in [0.05, 0.1) is 22.6 Å². The Hall–Kier alpha value is -4.13. The number of halogens is 1. The van der Waals surface area contributed by atoms with E-state index in [1.165, 1.54) is 12.1 Å². The molecule has 6 heteroatoms. The Morgan fingerprint density at radius 2 is 1.00 bits per heavy atom. The predicted molar refractivity (Wildman–Crippen MR) is 159 cm³/mol. The maximum atomic E-state index is 13.7. The van der Waals surface area contributed by atoms with Gasteiger partial charge in [0.2, 0.25) is 0 Å². The average molecular weight is 528 g/mol. The number of rotatable bonds is 5. The van der Waals surface area contributed by atoms with Crippen LogP contribution in [-0.2, 0) is 9.31 Å². The lowest BCUT2D eigenvalue weighted by Crippen LogP contribution is -2.41. The summed E-state index contributed by atoms with van der Waals surface area (Å²) in [6.45, 7) is 8.20. The predicted octanol–water partition coefficient (Wildman–Crippen LogP) is 7.58. The van der Waals surface area contributed by atoms with Crippen molar-refractivity contribution in [2.45, 2.75) is 38.9 Å². The Labute approximate surface area is 235 Å². The fraction of sp³-hybridized carbons (Fsp3) is 0.176. The zero-order valence-electron chi connectivity index (χ0n) is 23.1. The zero-order chi connectivity index (χ0) is 27.9. The van der Waals surface area contributed by atoms with Gasteiger partial charge in [0.25, 0.3) is 0 Å². The lowest BCUT2D eigenvalue weighted by atomic mass is 9.79. The van der Waals surface area contributed by atoms with Gasteiger partial charge in [0, 0.05) is 16.7 Å². The summed E-state index contributed by atoms with van der Waals surface area (Å²) in [5, 5.41) is 0. The molecule has 0 atom stereocenters. The van der Waals surface area contributed by atoms with Gasteiger partial charge in [-0.15, -0.1) is 0 Å². The maximum Gasteiger partial charge on any atom is 0.494 e. The van der Waals surface area contributed by atoms with E-state index in [1.54, 1.807) is 12.1 Å². The molecule has 5 aromatic rings. The molecule has 0 amide bonds. The molecule has 1 aliphatic rings. The third-order valence-corrected chi connectivity index (χ3v) is 7.85. The highest BCUT2D eigenvalue weighted by Gasteiger charge is 2.51. The van der Waals surface area contributed by atoms with Gasteiger partial charge in [-0.25, -0.2) is 14.4 Å². The summed E-state index contributed by atoms with van der Waals surface area (Å²) in [7, 11) is -0.432. The Bertz CT molecular complexity index is 1620. The smallest absolute Gasteiger partial charge is 0.399 e. The van der Waals surface area contributed by atoms with Gasteiger partial charge in [0.1, 0.15) is 5.82 Å². The minimum absolute atomic E-state index is 0.284. The molecule has 0 unspecified atom stereocenters. The number of hydrogen-bond donors (Lipinski definition) is 0. The van der Waals surface area contributed by atoms with E-state index in [1.807, 2.05) is 88.4 Å². The molecule has 0 saturated carbocycles. The van der Waals surface area contributed by atoms with Gasteiger partial charge in [-0.2, -0.15) is 0 Å². The quantitative estimate of drug-likeness (QED) is 0.221. The Balaban J connectivity index is 1.37. The maximum absolute atomic E-state index is 13.7. The van der Waals surface area contributed by atoms with Crippen LogP contribution in [0.4, 0.5) is 4.39 Å². The molecule has 1 aliphatic heterocycles. The van der Waals surface area contributed by atoms with E-state index in [4.69, 9.17) is 19.3 Å². The van der Waals surface area contributed by atoms with E-state index < -0.39 is 18.3 Å². The van der Waals surface area contributed by atoms with Crippen molar-refractivity contribution in [3.63, 3.8) is 0 Å². The minimum atomic E-state index is -0.432. The fourth-order valence-corrected chi connectivity index (χ4v) is 4.73. The Morgan fingerprint density at radius 1 is 0.550 bits per heavy atom. The lowest BCUT2D eigenvalue weighted by Gasteiger charge is -2.32. The zero-order valence-corrected chi connectivity index (χ0v) is 23.1. The second kappa shape index (κ2) is 10.1. The normalized spacial score (nSPS) is 15.8. The van der Waals surface area contributed by atoms with Crippen LogP contribution in [0.2, 0.25) is 0 Å². The first-order valence-electron chi connectivity index (χ1n) is 13.5. The second-order valence-electron chi connectivity index (χ2n) is 11.1. The molecule has 0 radical (unpaired) electrons. The van der Waals surface area contributed by atoms with Gasteiger partial charge in [-0.05, 0) is 74.6 Å². The summed E-state index contributed by atoms with van der Waals surface area (Å²) >= 11 is 0. The van der Waals surface area contributed by atoms with Crippen LogP contribution in [0.25, 0.3) is 45.0 Å². The third kappa shape index (κ3) is 5.08. The number of nitrogens with zero attached hydrogens (tertiary/aromatic N) is 2. The van der Waals surface area contributed by atoms with E-state index in [2.05, 4.69) is 24.3 Å². The number of benzene rings is 4. The van der Waals surface area contributed by atoms with Crippen LogP contribution in [0, 0.1) is 5.82 Å². The van der Waals surface area contributed by atoms with Crippen LogP contribution in [0.5, 0.6) is 0 Å². The lowest BCUT2D eigenvalue weighted by molar-refractivity contribution is 0.00578. The topological polar surface area (TPSA) is 44.2 Å². The van der Waals surface area contributed by atoms with Crippen LogP contribution in [0.1, 0.15) is 27.7 Å². The van der Waals surface area contributed by atoms with Crippen molar-refractivity contribution in [3.8, 4) is 45.0 Å². The molecular formula is C34H30BFN2O2. The van der Waals surface area contributed by atoms with Gasteiger partial charge >= 0.3 is 7.12 Å². The summed E-state index contributed by atoms with van der Waals surface area (Å²) in [6.07, 6.45) is 0. The van der Waals surface area contributed by atoms with Gasteiger partial charge in [-0.1, -0.05) is 78.9 Å².